The number of hydrogen-bond donors (Lipinski definition) is 1. The summed E-state index contributed by atoms with van der Waals surface area (Å²) in [7, 11) is 0. The number of nitrogens with one attached hydrogen (secondary N) is 1. The van der Waals surface area contributed by atoms with Gasteiger partial charge in [0.15, 0.2) is 12.4 Å². The number of hydrogen-bond acceptors (Lipinski definition) is 5. The van der Waals surface area contributed by atoms with Gasteiger partial charge in [0.2, 0.25) is 0 Å². The largest absolute Gasteiger partial charge is 0.482 e. The minimum atomic E-state index is -0.220. The van der Waals surface area contributed by atoms with Crippen LogP contribution in [0.25, 0.3) is 0 Å². The Morgan fingerprint density at radius 2 is 2.10 bits per heavy atom. The lowest BCUT2D eigenvalue weighted by Gasteiger charge is -2.33. The summed E-state index contributed by atoms with van der Waals surface area (Å²) in [6.07, 6.45) is 4.76. The molecule has 1 saturated heterocycles. The number of ether oxygens (including phenoxy) is 1. The van der Waals surface area contributed by atoms with Crippen LogP contribution >= 0.6 is 0 Å². The number of aryl methyl sites for hydroxylation is 1. The molecule has 7 heteroatoms. The van der Waals surface area contributed by atoms with E-state index in [4.69, 9.17) is 9.15 Å². The van der Waals surface area contributed by atoms with E-state index in [1.165, 1.54) is 19.3 Å². The molecule has 31 heavy (non-hydrogen) atoms. The molecule has 0 bridgehead atoms. The molecule has 0 saturated carbocycles. The highest BCUT2D eigenvalue weighted by atomic mass is 16.5. The molecule has 4 rings (SSSR count). The molecule has 2 aliphatic rings. The molecule has 1 unspecified atom stereocenters. The van der Waals surface area contributed by atoms with Gasteiger partial charge in [0.1, 0.15) is 11.5 Å². The highest BCUT2D eigenvalue weighted by molar-refractivity contribution is 5.97. The van der Waals surface area contributed by atoms with E-state index in [1.807, 2.05) is 25.1 Å². The first kappa shape index (κ1) is 21.4. The van der Waals surface area contributed by atoms with Gasteiger partial charge in [0.05, 0.1) is 12.2 Å². The summed E-state index contributed by atoms with van der Waals surface area (Å²) in [5.74, 6) is 1.17. The summed E-state index contributed by atoms with van der Waals surface area (Å²) in [6.45, 7) is 7.30. The number of piperidine rings is 1. The summed E-state index contributed by atoms with van der Waals surface area (Å²) in [5.41, 5.74) is 1.79. The van der Waals surface area contributed by atoms with Crippen molar-refractivity contribution in [2.75, 3.05) is 31.1 Å². The van der Waals surface area contributed by atoms with Gasteiger partial charge in [-0.05, 0) is 69.5 Å². The van der Waals surface area contributed by atoms with Gasteiger partial charge in [-0.1, -0.05) is 12.5 Å². The van der Waals surface area contributed by atoms with Crippen LogP contribution in [-0.4, -0.2) is 49.0 Å². The number of nitrogens with zero attached hydrogens (tertiary/aromatic N) is 2. The number of benzene rings is 1. The Morgan fingerprint density at radius 3 is 2.94 bits per heavy atom. The average Bonchev–Trinajstić information content (AvgIpc) is 3.23. The molecule has 2 aliphatic heterocycles. The van der Waals surface area contributed by atoms with Crippen LogP contribution in [0.5, 0.6) is 5.75 Å². The third-order valence-electron chi connectivity index (χ3n) is 6.11. The van der Waals surface area contributed by atoms with Crippen LogP contribution in [-0.2, 0) is 11.3 Å². The van der Waals surface area contributed by atoms with E-state index in [2.05, 4.69) is 17.1 Å². The standard InChI is InChI=1S/C24H31N3O4/c1-17-7-9-20-22(14-17)30-16-23(28)27(20)15-19-8-10-21(31-19)24(29)25-11-5-13-26-12-4-3-6-18(26)2/h7-10,14,18H,3-6,11-13,15-16H2,1-2H3,(H,25,29). The second kappa shape index (κ2) is 9.56. The number of carbonyl (C=O) groups is 2. The van der Waals surface area contributed by atoms with Gasteiger partial charge in [-0.15, -0.1) is 0 Å². The van der Waals surface area contributed by atoms with Crippen molar-refractivity contribution in [2.24, 2.45) is 0 Å². The Kier molecular flexibility index (Phi) is 6.61. The zero-order valence-corrected chi connectivity index (χ0v) is 18.4. The van der Waals surface area contributed by atoms with E-state index in [0.717, 1.165) is 30.8 Å². The zero-order chi connectivity index (χ0) is 21.8. The molecule has 1 atom stereocenters. The molecule has 7 nitrogen and oxygen atoms in total. The van der Waals surface area contributed by atoms with Crippen molar-refractivity contribution < 1.29 is 18.7 Å². The third kappa shape index (κ3) is 5.10. The fourth-order valence-electron chi connectivity index (χ4n) is 4.29. The maximum absolute atomic E-state index is 12.4. The average molecular weight is 426 g/mol. The SMILES string of the molecule is Cc1ccc2c(c1)OCC(=O)N2Cc1ccc(C(=O)NCCCN2CCCCC2C)o1. The van der Waals surface area contributed by atoms with Gasteiger partial charge in [-0.25, -0.2) is 0 Å². The number of anilines is 1. The van der Waals surface area contributed by atoms with Gasteiger partial charge in [0, 0.05) is 19.1 Å². The van der Waals surface area contributed by atoms with E-state index in [0.29, 0.717) is 24.1 Å². The molecule has 1 aromatic heterocycles. The van der Waals surface area contributed by atoms with Crippen LogP contribution in [0.15, 0.2) is 34.7 Å². The number of likely N-dealkylation sites (tertiary alicyclic amines) is 1. The van der Waals surface area contributed by atoms with Gasteiger partial charge >= 0.3 is 0 Å². The van der Waals surface area contributed by atoms with Crippen molar-refractivity contribution in [1.82, 2.24) is 10.2 Å². The first-order chi connectivity index (χ1) is 15.0. The van der Waals surface area contributed by atoms with E-state index in [1.54, 1.807) is 17.0 Å². The Hall–Kier alpha value is -2.80. The number of carbonyl (C=O) groups excluding carboxylic acids is 2. The van der Waals surface area contributed by atoms with Crippen molar-refractivity contribution in [3.8, 4) is 5.75 Å². The smallest absolute Gasteiger partial charge is 0.286 e. The lowest BCUT2D eigenvalue weighted by atomic mass is 10.0. The summed E-state index contributed by atoms with van der Waals surface area (Å²) in [6, 6.07) is 9.79. The maximum atomic E-state index is 12.4. The van der Waals surface area contributed by atoms with Crippen LogP contribution in [0.4, 0.5) is 5.69 Å². The third-order valence-corrected chi connectivity index (χ3v) is 6.11. The predicted molar refractivity (Wildman–Crippen MR) is 118 cm³/mol. The normalized spacial score (nSPS) is 19.1. The minimum absolute atomic E-state index is 0.000139. The quantitative estimate of drug-likeness (QED) is 0.687. The second-order valence-electron chi connectivity index (χ2n) is 8.50. The molecule has 2 amide bonds. The van der Waals surface area contributed by atoms with Gasteiger partial charge in [-0.3, -0.25) is 14.5 Å². The van der Waals surface area contributed by atoms with Crippen molar-refractivity contribution in [3.63, 3.8) is 0 Å². The molecule has 2 aromatic rings. The van der Waals surface area contributed by atoms with Crippen molar-refractivity contribution in [3.05, 3.63) is 47.4 Å². The van der Waals surface area contributed by atoms with Gasteiger partial charge in [-0.2, -0.15) is 0 Å². The Morgan fingerprint density at radius 1 is 1.23 bits per heavy atom. The van der Waals surface area contributed by atoms with Crippen molar-refractivity contribution in [2.45, 2.75) is 52.1 Å². The summed E-state index contributed by atoms with van der Waals surface area (Å²) >= 11 is 0. The first-order valence-electron chi connectivity index (χ1n) is 11.2. The summed E-state index contributed by atoms with van der Waals surface area (Å²) in [5, 5.41) is 2.94. The topological polar surface area (TPSA) is 75.0 Å². The number of amides is 2. The monoisotopic (exact) mass is 425 g/mol. The van der Waals surface area contributed by atoms with Crippen LogP contribution in [0.2, 0.25) is 0 Å². The van der Waals surface area contributed by atoms with Crippen LogP contribution in [0.1, 0.15) is 54.5 Å². The van der Waals surface area contributed by atoms with E-state index >= 15 is 0 Å². The highest BCUT2D eigenvalue weighted by Crippen LogP contribution is 2.34. The Bertz CT molecular complexity index is 939. The van der Waals surface area contributed by atoms with E-state index in [-0.39, 0.29) is 30.7 Å². The number of fused-ring (bicyclic) bond motifs is 1. The Balaban J connectivity index is 1.30. The molecule has 0 spiro atoms. The van der Waals surface area contributed by atoms with Crippen molar-refractivity contribution >= 4 is 17.5 Å². The molecule has 3 heterocycles. The fourth-order valence-corrected chi connectivity index (χ4v) is 4.29. The van der Waals surface area contributed by atoms with Gasteiger partial charge < -0.3 is 19.4 Å². The highest BCUT2D eigenvalue weighted by Gasteiger charge is 2.27. The lowest BCUT2D eigenvalue weighted by Crippen LogP contribution is -2.39. The first-order valence-corrected chi connectivity index (χ1v) is 11.2. The molecule has 1 aromatic carbocycles. The minimum Gasteiger partial charge on any atom is -0.482 e. The van der Waals surface area contributed by atoms with Crippen molar-refractivity contribution in [1.29, 1.82) is 0 Å². The maximum Gasteiger partial charge on any atom is 0.286 e. The molecular formula is C24H31N3O4. The molecule has 0 aliphatic carbocycles. The molecule has 1 N–H and O–H groups in total. The van der Waals surface area contributed by atoms with Gasteiger partial charge in [0.25, 0.3) is 11.8 Å². The van der Waals surface area contributed by atoms with Crippen LogP contribution in [0.3, 0.4) is 0 Å². The van der Waals surface area contributed by atoms with E-state index in [9.17, 15) is 9.59 Å². The Labute approximate surface area is 183 Å². The molecule has 0 radical (unpaired) electrons. The predicted octanol–water partition coefficient (Wildman–Crippen LogP) is 3.51. The lowest BCUT2D eigenvalue weighted by molar-refractivity contribution is -0.121. The van der Waals surface area contributed by atoms with E-state index < -0.39 is 0 Å². The number of rotatable bonds is 7. The molecular weight excluding hydrogens is 394 g/mol. The molecule has 1 fully saturated rings. The summed E-state index contributed by atoms with van der Waals surface area (Å²) < 4.78 is 11.3. The zero-order valence-electron chi connectivity index (χ0n) is 18.4. The summed E-state index contributed by atoms with van der Waals surface area (Å²) in [4.78, 5) is 29.0. The van der Waals surface area contributed by atoms with Crippen LogP contribution in [0, 0.1) is 6.92 Å². The second-order valence-corrected chi connectivity index (χ2v) is 8.50. The number of furan rings is 1. The fraction of sp³-hybridized carbons (Fsp3) is 0.500. The van der Waals surface area contributed by atoms with Crippen LogP contribution < -0.4 is 15.0 Å². The molecule has 166 valence electrons.